The zero-order chi connectivity index (χ0) is 36.5. The number of sulfonamides is 2. The van der Waals surface area contributed by atoms with E-state index in [1.807, 2.05) is 65.8 Å². The molecule has 0 aromatic heterocycles. The molecule has 2 aromatic rings. The second kappa shape index (κ2) is 11.4. The van der Waals surface area contributed by atoms with Crippen molar-refractivity contribution in [3.8, 4) is 0 Å². The van der Waals surface area contributed by atoms with Crippen molar-refractivity contribution in [2.24, 2.45) is 33.5 Å². The summed E-state index contributed by atoms with van der Waals surface area (Å²) in [7, 11) is -7.01. The maximum absolute atomic E-state index is 13.4. The van der Waals surface area contributed by atoms with E-state index in [2.05, 4.69) is 37.1 Å². The number of aryl methyl sites for hydroxylation is 6. The maximum Gasteiger partial charge on any atom is 0.241 e. The third kappa shape index (κ3) is 6.55. The van der Waals surface area contributed by atoms with Crippen LogP contribution in [-0.2, 0) is 20.0 Å². The molecular formula is C42H62N2O4S2. The van der Waals surface area contributed by atoms with E-state index in [0.717, 1.165) is 71.9 Å². The molecule has 0 spiro atoms. The van der Waals surface area contributed by atoms with Gasteiger partial charge in [-0.05, 0) is 174 Å². The first-order chi connectivity index (χ1) is 22.9. The van der Waals surface area contributed by atoms with Gasteiger partial charge in [-0.1, -0.05) is 63.1 Å². The molecule has 4 unspecified atom stereocenters. The number of hydrogen-bond acceptors (Lipinski definition) is 4. The molecule has 0 amide bonds. The highest BCUT2D eigenvalue weighted by Crippen LogP contribution is 2.67. The Morgan fingerprint density at radius 2 is 0.720 bits per heavy atom. The number of rotatable bonds is 6. The van der Waals surface area contributed by atoms with Crippen molar-refractivity contribution in [1.29, 1.82) is 0 Å². The molecule has 8 aliphatic rings. The Hall–Kier alpha value is -1.74. The number of hydrogen-bond donors (Lipinski definition) is 2. The monoisotopic (exact) mass is 722 g/mol. The molecule has 8 atom stereocenters. The van der Waals surface area contributed by atoms with E-state index in [9.17, 15) is 16.8 Å². The van der Waals surface area contributed by atoms with Gasteiger partial charge in [-0.3, -0.25) is 0 Å². The van der Waals surface area contributed by atoms with Crippen LogP contribution in [0.4, 0.5) is 0 Å². The third-order valence-corrected chi connectivity index (χ3v) is 17.5. The molecule has 0 heterocycles. The van der Waals surface area contributed by atoms with Gasteiger partial charge in [0.1, 0.15) is 0 Å². The lowest BCUT2D eigenvalue weighted by atomic mass is 9.43. The second-order valence-electron chi connectivity index (χ2n) is 20.5. The van der Waals surface area contributed by atoms with E-state index in [4.69, 9.17) is 0 Å². The third-order valence-electron chi connectivity index (χ3n) is 13.7. The van der Waals surface area contributed by atoms with Crippen LogP contribution in [0.15, 0.2) is 34.1 Å². The van der Waals surface area contributed by atoms with Crippen LogP contribution in [0.25, 0.3) is 0 Å². The van der Waals surface area contributed by atoms with Crippen molar-refractivity contribution in [3.63, 3.8) is 0 Å². The summed E-state index contributed by atoms with van der Waals surface area (Å²) in [6.07, 6.45) is 13.6. The van der Waals surface area contributed by atoms with Crippen molar-refractivity contribution in [2.75, 3.05) is 0 Å². The lowest BCUT2D eigenvalue weighted by Crippen LogP contribution is -2.65. The van der Waals surface area contributed by atoms with Gasteiger partial charge in [-0.25, -0.2) is 26.3 Å². The standard InChI is InChI=1S/2C21H31NO2S/c2*1-14-6-15(2)18(16(3)7-14)25(23,24)22-21-10-17-8-19(4,12-21)11-20(5,9-17)13-21/h2*6-7,17,22H,8-13H2,1-5H3/t2*17?,19-,20+,21?. The van der Waals surface area contributed by atoms with Gasteiger partial charge < -0.3 is 0 Å². The van der Waals surface area contributed by atoms with Crippen molar-refractivity contribution < 1.29 is 16.8 Å². The molecule has 2 N–H and O–H groups in total. The fraction of sp³-hybridized carbons (Fsp3) is 0.714. The quantitative estimate of drug-likeness (QED) is 0.311. The fourth-order valence-corrected chi connectivity index (χ4v) is 18.7. The first-order valence-electron chi connectivity index (χ1n) is 19.1. The highest BCUT2D eigenvalue weighted by atomic mass is 32.2. The van der Waals surface area contributed by atoms with Gasteiger partial charge in [0.15, 0.2) is 0 Å². The number of benzene rings is 2. The van der Waals surface area contributed by atoms with E-state index >= 15 is 0 Å². The lowest BCUT2D eigenvalue weighted by molar-refractivity contribution is -0.111. The summed E-state index contributed by atoms with van der Waals surface area (Å²) in [5.74, 6) is 1.35. The highest BCUT2D eigenvalue weighted by molar-refractivity contribution is 7.90. The van der Waals surface area contributed by atoms with E-state index in [-0.39, 0.29) is 11.1 Å². The van der Waals surface area contributed by atoms with E-state index in [1.165, 1.54) is 38.5 Å². The van der Waals surface area contributed by atoms with Crippen molar-refractivity contribution in [2.45, 2.75) is 167 Å². The van der Waals surface area contributed by atoms with Gasteiger partial charge in [0.2, 0.25) is 20.0 Å². The zero-order valence-corrected chi connectivity index (χ0v) is 34.0. The zero-order valence-electron chi connectivity index (χ0n) is 32.4. The molecule has 50 heavy (non-hydrogen) atoms. The predicted molar refractivity (Wildman–Crippen MR) is 202 cm³/mol. The Kier molecular flexibility index (Phi) is 8.33. The molecule has 10 rings (SSSR count). The Balaban J connectivity index is 0.000000157. The molecular weight excluding hydrogens is 661 g/mol. The normalized spacial score (nSPS) is 39.8. The van der Waals surface area contributed by atoms with Crippen LogP contribution in [0.2, 0.25) is 0 Å². The summed E-state index contributed by atoms with van der Waals surface area (Å²) in [6, 6.07) is 7.90. The van der Waals surface area contributed by atoms with Gasteiger partial charge in [0.25, 0.3) is 0 Å². The Morgan fingerprint density at radius 1 is 0.460 bits per heavy atom. The van der Waals surface area contributed by atoms with Crippen LogP contribution in [0.3, 0.4) is 0 Å². The fourth-order valence-electron chi connectivity index (χ4n) is 15.0. The van der Waals surface area contributed by atoms with E-state index in [0.29, 0.717) is 43.3 Å². The van der Waals surface area contributed by atoms with Gasteiger partial charge in [0.05, 0.1) is 9.79 Å². The molecule has 0 aliphatic heterocycles. The summed E-state index contributed by atoms with van der Waals surface area (Å²) < 4.78 is 60.0. The molecule has 0 saturated heterocycles. The smallest absolute Gasteiger partial charge is 0.207 e. The molecule has 8 bridgehead atoms. The summed E-state index contributed by atoms with van der Waals surface area (Å²) in [5.41, 5.74) is 6.35. The van der Waals surface area contributed by atoms with Gasteiger partial charge in [-0.15, -0.1) is 0 Å². The topological polar surface area (TPSA) is 92.3 Å². The summed E-state index contributed by atoms with van der Waals surface area (Å²) >= 11 is 0. The van der Waals surface area contributed by atoms with Crippen LogP contribution in [0.5, 0.6) is 0 Å². The van der Waals surface area contributed by atoms with Gasteiger partial charge >= 0.3 is 0 Å². The minimum atomic E-state index is -3.50. The molecule has 6 nitrogen and oxygen atoms in total. The SMILES string of the molecule is Cc1cc(C)c(S(=O)(=O)NC23CC4C[C@@](C)(C2)C[C@](C)(C4)C3)c(C)c1.Cc1cc(C)c(S(=O)(=O)NC23CC4C[C@@](C)(C2)C[C@](C)(C4)C3)c(C)c1. The largest absolute Gasteiger partial charge is 0.241 e. The van der Waals surface area contributed by atoms with E-state index < -0.39 is 20.0 Å². The van der Waals surface area contributed by atoms with Gasteiger partial charge in [-0.2, -0.15) is 0 Å². The first kappa shape index (κ1) is 36.6. The summed E-state index contributed by atoms with van der Waals surface area (Å²) in [4.78, 5) is 0.980. The van der Waals surface area contributed by atoms with E-state index in [1.54, 1.807) is 0 Å². The maximum atomic E-state index is 13.4. The van der Waals surface area contributed by atoms with Crippen LogP contribution in [0.1, 0.15) is 138 Å². The van der Waals surface area contributed by atoms with Crippen LogP contribution in [-0.4, -0.2) is 27.9 Å². The minimum Gasteiger partial charge on any atom is -0.207 e. The van der Waals surface area contributed by atoms with Crippen LogP contribution < -0.4 is 9.44 Å². The first-order valence-corrected chi connectivity index (χ1v) is 22.1. The van der Waals surface area contributed by atoms with Crippen molar-refractivity contribution in [3.05, 3.63) is 57.6 Å². The number of nitrogens with one attached hydrogen (secondary N) is 2. The lowest BCUT2D eigenvalue weighted by Gasteiger charge is -2.65. The molecule has 8 heteroatoms. The van der Waals surface area contributed by atoms with Crippen molar-refractivity contribution in [1.82, 2.24) is 9.44 Å². The van der Waals surface area contributed by atoms with Crippen LogP contribution in [0, 0.1) is 75.0 Å². The molecule has 276 valence electrons. The molecule has 0 radical (unpaired) electrons. The molecule has 2 aromatic carbocycles. The highest BCUT2D eigenvalue weighted by Gasteiger charge is 2.62. The Bertz CT molecular complexity index is 1740. The average molecular weight is 723 g/mol. The Labute approximate surface area is 303 Å². The average Bonchev–Trinajstić information content (AvgIpc) is 2.81. The van der Waals surface area contributed by atoms with Crippen LogP contribution >= 0.6 is 0 Å². The molecule has 8 aliphatic carbocycles. The predicted octanol–water partition coefficient (Wildman–Crippen LogP) is 9.28. The van der Waals surface area contributed by atoms with Gasteiger partial charge in [0, 0.05) is 11.1 Å². The molecule has 8 fully saturated rings. The summed E-state index contributed by atoms with van der Waals surface area (Å²) in [6.45, 7) is 21.2. The van der Waals surface area contributed by atoms with Crippen molar-refractivity contribution >= 4 is 20.0 Å². The second-order valence-corrected chi connectivity index (χ2v) is 23.7. The summed E-state index contributed by atoms with van der Waals surface area (Å²) in [5, 5.41) is 0. The Morgan fingerprint density at radius 3 is 0.960 bits per heavy atom. The molecule has 8 saturated carbocycles. The minimum absolute atomic E-state index is 0.245.